The number of anilines is 3. The first-order chi connectivity index (χ1) is 9.18. The van der Waals surface area contributed by atoms with E-state index >= 15 is 0 Å². The lowest BCUT2D eigenvalue weighted by Crippen LogP contribution is -2.14. The molecule has 0 aliphatic carbocycles. The Labute approximate surface area is 110 Å². The van der Waals surface area contributed by atoms with E-state index in [0.717, 1.165) is 11.5 Å². The van der Waals surface area contributed by atoms with Crippen molar-refractivity contribution in [3.05, 3.63) is 42.2 Å². The molecule has 3 rings (SSSR count). The fourth-order valence-corrected chi connectivity index (χ4v) is 2.12. The maximum Gasteiger partial charge on any atom is 0.226 e. The summed E-state index contributed by atoms with van der Waals surface area (Å²) in [6.45, 7) is 2.06. The lowest BCUT2D eigenvalue weighted by Gasteiger charge is -2.20. The van der Waals surface area contributed by atoms with Crippen LogP contribution in [0.2, 0.25) is 0 Å². The van der Waals surface area contributed by atoms with Crippen molar-refractivity contribution in [3.8, 4) is 0 Å². The minimum absolute atomic E-state index is 0.358. The van der Waals surface area contributed by atoms with Crippen molar-refractivity contribution in [2.75, 3.05) is 17.7 Å². The van der Waals surface area contributed by atoms with Gasteiger partial charge < -0.3 is 10.6 Å². The number of nitrogens with two attached hydrogens (primary N) is 1. The van der Waals surface area contributed by atoms with E-state index in [4.69, 9.17) is 5.73 Å². The van der Waals surface area contributed by atoms with Crippen molar-refractivity contribution in [1.29, 1.82) is 0 Å². The summed E-state index contributed by atoms with van der Waals surface area (Å²) in [5, 5.41) is 7.96. The van der Waals surface area contributed by atoms with Gasteiger partial charge in [0.05, 0.1) is 0 Å². The Morgan fingerprint density at radius 3 is 2.79 bits per heavy atom. The zero-order valence-electron chi connectivity index (χ0n) is 10.8. The maximum atomic E-state index is 5.76. The number of aromatic nitrogens is 4. The molecule has 3 aromatic rings. The SMILES string of the molecule is Cc1ccccc1N(C)c1nccn2c(N)nnc12. The van der Waals surface area contributed by atoms with E-state index in [2.05, 4.69) is 28.2 Å². The molecule has 0 bridgehead atoms. The average molecular weight is 254 g/mol. The van der Waals surface area contributed by atoms with Crippen LogP contribution in [-0.2, 0) is 0 Å². The number of rotatable bonds is 2. The molecule has 0 radical (unpaired) electrons. The van der Waals surface area contributed by atoms with Crippen molar-refractivity contribution in [2.24, 2.45) is 0 Å². The van der Waals surface area contributed by atoms with Crippen LogP contribution in [-0.4, -0.2) is 26.6 Å². The summed E-state index contributed by atoms with van der Waals surface area (Å²) in [7, 11) is 1.95. The molecule has 0 saturated heterocycles. The Hall–Kier alpha value is -2.63. The van der Waals surface area contributed by atoms with Crippen molar-refractivity contribution >= 4 is 23.1 Å². The summed E-state index contributed by atoms with van der Waals surface area (Å²) in [6, 6.07) is 8.11. The van der Waals surface area contributed by atoms with Gasteiger partial charge in [-0.1, -0.05) is 18.2 Å². The Kier molecular flexibility index (Phi) is 2.56. The zero-order valence-corrected chi connectivity index (χ0v) is 10.8. The summed E-state index contributed by atoms with van der Waals surface area (Å²) in [6.07, 6.45) is 3.44. The van der Waals surface area contributed by atoms with Crippen LogP contribution in [0.5, 0.6) is 0 Å². The Balaban J connectivity index is 2.17. The van der Waals surface area contributed by atoms with E-state index in [1.54, 1.807) is 16.8 Å². The molecule has 2 N–H and O–H groups in total. The highest BCUT2D eigenvalue weighted by Gasteiger charge is 2.14. The number of hydrogen-bond acceptors (Lipinski definition) is 5. The monoisotopic (exact) mass is 254 g/mol. The van der Waals surface area contributed by atoms with Crippen LogP contribution in [0.25, 0.3) is 5.65 Å². The second-order valence-electron chi connectivity index (χ2n) is 4.35. The summed E-state index contributed by atoms with van der Waals surface area (Å²) in [5.41, 5.74) is 8.64. The molecule has 0 fully saturated rings. The quantitative estimate of drug-likeness (QED) is 0.754. The van der Waals surface area contributed by atoms with Gasteiger partial charge in [0.2, 0.25) is 11.6 Å². The third kappa shape index (κ3) is 1.77. The van der Waals surface area contributed by atoms with Gasteiger partial charge in [-0.25, -0.2) is 4.98 Å². The van der Waals surface area contributed by atoms with Crippen LogP contribution in [0.3, 0.4) is 0 Å². The summed E-state index contributed by atoms with van der Waals surface area (Å²) in [4.78, 5) is 6.37. The standard InChI is InChI=1S/C13H14N6/c1-9-5-3-4-6-10(9)18(2)11-12-16-17-13(14)19(12)8-7-15-11/h3-8H,1-2H3,(H2,14,17). The van der Waals surface area contributed by atoms with E-state index in [-0.39, 0.29) is 0 Å². The molecule has 19 heavy (non-hydrogen) atoms. The molecule has 0 atom stereocenters. The Bertz CT molecular complexity index is 733. The first-order valence-corrected chi connectivity index (χ1v) is 5.93. The molecular formula is C13H14N6. The summed E-state index contributed by atoms with van der Waals surface area (Å²) < 4.78 is 1.72. The zero-order chi connectivity index (χ0) is 13.4. The van der Waals surface area contributed by atoms with E-state index in [1.807, 2.05) is 30.1 Å². The van der Waals surface area contributed by atoms with Crippen LogP contribution in [0.15, 0.2) is 36.7 Å². The van der Waals surface area contributed by atoms with E-state index < -0.39 is 0 Å². The molecule has 1 aromatic carbocycles. The molecule has 96 valence electrons. The van der Waals surface area contributed by atoms with Gasteiger partial charge in [0.15, 0.2) is 5.82 Å². The number of nitrogens with zero attached hydrogens (tertiary/aromatic N) is 5. The molecule has 6 nitrogen and oxygen atoms in total. The lowest BCUT2D eigenvalue weighted by atomic mass is 10.2. The average Bonchev–Trinajstić information content (AvgIpc) is 2.80. The van der Waals surface area contributed by atoms with Crippen molar-refractivity contribution in [1.82, 2.24) is 19.6 Å². The largest absolute Gasteiger partial charge is 0.368 e. The summed E-state index contributed by atoms with van der Waals surface area (Å²) in [5.74, 6) is 1.08. The fraction of sp³-hybridized carbons (Fsp3) is 0.154. The molecule has 2 heterocycles. The first kappa shape index (κ1) is 11.5. The van der Waals surface area contributed by atoms with Gasteiger partial charge in [-0.3, -0.25) is 4.40 Å². The molecule has 0 saturated carbocycles. The minimum Gasteiger partial charge on any atom is -0.368 e. The number of benzene rings is 1. The van der Waals surface area contributed by atoms with Crippen molar-refractivity contribution in [2.45, 2.75) is 6.92 Å². The van der Waals surface area contributed by atoms with Gasteiger partial charge in [0.25, 0.3) is 0 Å². The van der Waals surface area contributed by atoms with Gasteiger partial charge in [-0.05, 0) is 18.6 Å². The molecule has 0 unspecified atom stereocenters. The molecule has 0 spiro atoms. The molecule has 2 aromatic heterocycles. The number of fused-ring (bicyclic) bond motifs is 1. The van der Waals surface area contributed by atoms with Crippen molar-refractivity contribution < 1.29 is 0 Å². The van der Waals surface area contributed by atoms with Crippen LogP contribution >= 0.6 is 0 Å². The fourth-order valence-electron chi connectivity index (χ4n) is 2.12. The molecule has 0 aliphatic heterocycles. The topological polar surface area (TPSA) is 72.3 Å². The predicted octanol–water partition coefficient (Wildman–Crippen LogP) is 1.78. The lowest BCUT2D eigenvalue weighted by molar-refractivity contribution is 1.06. The maximum absolute atomic E-state index is 5.76. The molecule has 0 amide bonds. The van der Waals surface area contributed by atoms with Gasteiger partial charge in [0, 0.05) is 25.1 Å². The normalized spacial score (nSPS) is 10.8. The van der Waals surface area contributed by atoms with E-state index in [0.29, 0.717) is 11.6 Å². The minimum atomic E-state index is 0.358. The van der Waals surface area contributed by atoms with Gasteiger partial charge in [0.1, 0.15) is 0 Å². The number of para-hydroxylation sites is 1. The van der Waals surface area contributed by atoms with Gasteiger partial charge in [-0.2, -0.15) is 0 Å². The van der Waals surface area contributed by atoms with Crippen LogP contribution in [0, 0.1) is 6.92 Å². The highest BCUT2D eigenvalue weighted by molar-refractivity contribution is 5.73. The highest BCUT2D eigenvalue weighted by atomic mass is 15.3. The summed E-state index contributed by atoms with van der Waals surface area (Å²) >= 11 is 0. The molecule has 0 aliphatic rings. The number of nitrogen functional groups attached to an aromatic ring is 1. The van der Waals surface area contributed by atoms with Crippen molar-refractivity contribution in [3.63, 3.8) is 0 Å². The van der Waals surface area contributed by atoms with Crippen LogP contribution < -0.4 is 10.6 Å². The van der Waals surface area contributed by atoms with E-state index in [9.17, 15) is 0 Å². The van der Waals surface area contributed by atoms with Gasteiger partial charge >= 0.3 is 0 Å². The second kappa shape index (κ2) is 4.24. The predicted molar refractivity (Wildman–Crippen MR) is 74.4 cm³/mol. The molecular weight excluding hydrogens is 240 g/mol. The second-order valence-corrected chi connectivity index (χ2v) is 4.35. The third-order valence-corrected chi connectivity index (χ3v) is 3.13. The smallest absolute Gasteiger partial charge is 0.226 e. The number of hydrogen-bond donors (Lipinski definition) is 1. The highest BCUT2D eigenvalue weighted by Crippen LogP contribution is 2.27. The van der Waals surface area contributed by atoms with Crippen LogP contribution in [0.4, 0.5) is 17.5 Å². The van der Waals surface area contributed by atoms with Crippen LogP contribution in [0.1, 0.15) is 5.56 Å². The number of aryl methyl sites for hydroxylation is 1. The Morgan fingerprint density at radius 2 is 2.00 bits per heavy atom. The van der Waals surface area contributed by atoms with Gasteiger partial charge in [-0.15, -0.1) is 10.2 Å². The molecule has 6 heteroatoms. The third-order valence-electron chi connectivity index (χ3n) is 3.13. The Morgan fingerprint density at radius 1 is 1.21 bits per heavy atom. The first-order valence-electron chi connectivity index (χ1n) is 5.93. The van der Waals surface area contributed by atoms with E-state index in [1.165, 1.54) is 5.56 Å².